The molecule has 0 saturated carbocycles. The molecule has 2 amide bonds. The van der Waals surface area contributed by atoms with Crippen molar-refractivity contribution < 1.29 is 37.5 Å². The van der Waals surface area contributed by atoms with Crippen molar-refractivity contribution in [3.8, 4) is 0 Å². The van der Waals surface area contributed by atoms with E-state index in [4.69, 9.17) is 13.8 Å². The van der Waals surface area contributed by atoms with Gasteiger partial charge in [-0.15, -0.1) is 0 Å². The van der Waals surface area contributed by atoms with Crippen LogP contribution in [0.15, 0.2) is 30.3 Å². The second kappa shape index (κ2) is 11.1. The van der Waals surface area contributed by atoms with Gasteiger partial charge in [0.15, 0.2) is 0 Å². The second-order valence-electron chi connectivity index (χ2n) is 7.23. The molecule has 2 atom stereocenters. The van der Waals surface area contributed by atoms with E-state index < -0.39 is 43.0 Å². The number of alkyl carbamates (subject to hydrolysis) is 1. The molecular formula is C19H29N2O8P. The molecule has 0 bridgehead atoms. The predicted molar refractivity (Wildman–Crippen MR) is 109 cm³/mol. The van der Waals surface area contributed by atoms with Crippen LogP contribution in [0.2, 0.25) is 0 Å². The number of nitrogens with one attached hydrogen (secondary N) is 2. The van der Waals surface area contributed by atoms with Crippen molar-refractivity contribution in [1.29, 1.82) is 0 Å². The first-order valence-electron chi connectivity index (χ1n) is 9.08. The van der Waals surface area contributed by atoms with Crippen molar-refractivity contribution in [3.05, 3.63) is 35.9 Å². The van der Waals surface area contributed by atoms with Crippen LogP contribution in [0.3, 0.4) is 0 Å². The lowest BCUT2D eigenvalue weighted by atomic mass is 10.1. The Morgan fingerprint density at radius 2 is 1.57 bits per heavy atom. The first-order valence-corrected chi connectivity index (χ1v) is 10.7. The molecule has 0 aliphatic heterocycles. The minimum Gasteiger partial charge on any atom is -0.467 e. The van der Waals surface area contributed by atoms with Gasteiger partial charge in [-0.05, 0) is 26.3 Å². The summed E-state index contributed by atoms with van der Waals surface area (Å²) in [6.45, 7) is 5.04. The zero-order valence-electron chi connectivity index (χ0n) is 18.0. The zero-order chi connectivity index (χ0) is 22.9. The Bertz CT molecular complexity index is 770. The van der Waals surface area contributed by atoms with E-state index in [0.29, 0.717) is 0 Å². The van der Waals surface area contributed by atoms with Crippen molar-refractivity contribution >= 4 is 25.6 Å². The van der Waals surface area contributed by atoms with Crippen LogP contribution in [-0.4, -0.2) is 56.7 Å². The molecule has 30 heavy (non-hydrogen) atoms. The van der Waals surface area contributed by atoms with Crippen LogP contribution in [0.5, 0.6) is 0 Å². The maximum Gasteiger partial charge on any atom is 0.408 e. The SMILES string of the molecule is COC(=O)[C@@H](NC(=O)[C@@H](Cc1ccccc1)NC(=O)OC(C)(C)C)P(=O)(OC)OC. The summed E-state index contributed by atoms with van der Waals surface area (Å²) in [4.78, 5) is 37.3. The van der Waals surface area contributed by atoms with Gasteiger partial charge in [-0.2, -0.15) is 0 Å². The topological polar surface area (TPSA) is 129 Å². The smallest absolute Gasteiger partial charge is 0.408 e. The van der Waals surface area contributed by atoms with Gasteiger partial charge in [-0.3, -0.25) is 9.36 Å². The third kappa shape index (κ3) is 7.78. The van der Waals surface area contributed by atoms with Crippen LogP contribution < -0.4 is 10.6 Å². The highest BCUT2D eigenvalue weighted by Gasteiger charge is 2.43. The Morgan fingerprint density at radius 1 is 1.00 bits per heavy atom. The normalized spacial score (nSPS) is 13.7. The number of rotatable bonds is 9. The predicted octanol–water partition coefficient (Wildman–Crippen LogP) is 2.22. The summed E-state index contributed by atoms with van der Waals surface area (Å²) in [6, 6.07) is 7.75. The van der Waals surface area contributed by atoms with Gasteiger partial charge in [0.2, 0.25) is 11.7 Å². The summed E-state index contributed by atoms with van der Waals surface area (Å²) in [6.07, 6.45) is -0.737. The molecule has 1 rings (SSSR count). The molecule has 0 spiro atoms. The number of hydrogen-bond acceptors (Lipinski definition) is 8. The van der Waals surface area contributed by atoms with Gasteiger partial charge in [0, 0.05) is 20.6 Å². The Morgan fingerprint density at radius 3 is 2.03 bits per heavy atom. The van der Waals surface area contributed by atoms with Crippen LogP contribution in [0.1, 0.15) is 26.3 Å². The fourth-order valence-corrected chi connectivity index (χ4v) is 3.63. The van der Waals surface area contributed by atoms with Crippen molar-refractivity contribution in [2.24, 2.45) is 0 Å². The number of methoxy groups -OCH3 is 1. The maximum atomic E-state index is 12.9. The van der Waals surface area contributed by atoms with Gasteiger partial charge in [-0.1, -0.05) is 30.3 Å². The zero-order valence-corrected chi connectivity index (χ0v) is 18.9. The highest BCUT2D eigenvalue weighted by molar-refractivity contribution is 7.55. The summed E-state index contributed by atoms with van der Waals surface area (Å²) in [5.41, 5.74) is -0.0428. The molecule has 0 unspecified atom stereocenters. The lowest BCUT2D eigenvalue weighted by Gasteiger charge is -2.26. The average Bonchev–Trinajstić information content (AvgIpc) is 2.69. The summed E-state index contributed by atoms with van der Waals surface area (Å²) >= 11 is 0. The van der Waals surface area contributed by atoms with Gasteiger partial charge in [-0.25, -0.2) is 9.59 Å². The van der Waals surface area contributed by atoms with E-state index in [1.807, 2.05) is 0 Å². The molecular weight excluding hydrogens is 415 g/mol. The molecule has 0 aliphatic carbocycles. The van der Waals surface area contributed by atoms with Gasteiger partial charge in [0.1, 0.15) is 11.6 Å². The maximum absolute atomic E-state index is 12.9. The first kappa shape index (κ1) is 25.6. The molecule has 0 saturated heterocycles. The number of carbonyl (C=O) groups excluding carboxylic acids is 3. The highest BCUT2D eigenvalue weighted by Crippen LogP contribution is 2.50. The molecule has 1 aromatic rings. The molecule has 1 aromatic carbocycles. The molecule has 0 aromatic heterocycles. The molecule has 0 heterocycles. The van der Waals surface area contributed by atoms with Gasteiger partial charge >= 0.3 is 19.7 Å². The van der Waals surface area contributed by atoms with Crippen LogP contribution in [0.25, 0.3) is 0 Å². The molecule has 11 heteroatoms. The number of benzene rings is 1. The monoisotopic (exact) mass is 444 g/mol. The van der Waals surface area contributed by atoms with Crippen LogP contribution >= 0.6 is 7.60 Å². The minimum atomic E-state index is -4.06. The largest absolute Gasteiger partial charge is 0.467 e. The Hall–Kier alpha value is -2.42. The second-order valence-corrected chi connectivity index (χ2v) is 9.55. The van der Waals surface area contributed by atoms with E-state index >= 15 is 0 Å². The summed E-state index contributed by atoms with van der Waals surface area (Å²) in [5.74, 6) is -3.54. The molecule has 0 radical (unpaired) electrons. The van der Waals surface area contributed by atoms with Crippen LogP contribution in [0, 0.1) is 0 Å². The van der Waals surface area contributed by atoms with Crippen molar-refractivity contribution in [2.75, 3.05) is 21.3 Å². The van der Waals surface area contributed by atoms with Gasteiger partial charge < -0.3 is 29.2 Å². The number of esters is 1. The minimum absolute atomic E-state index is 0.0874. The van der Waals surface area contributed by atoms with E-state index in [0.717, 1.165) is 26.9 Å². The van der Waals surface area contributed by atoms with Crippen molar-refractivity contribution in [1.82, 2.24) is 10.6 Å². The Balaban J connectivity index is 3.13. The lowest BCUT2D eigenvalue weighted by molar-refractivity contribution is -0.143. The molecule has 10 nitrogen and oxygen atoms in total. The molecule has 168 valence electrons. The van der Waals surface area contributed by atoms with Gasteiger partial charge in [0.05, 0.1) is 7.11 Å². The van der Waals surface area contributed by atoms with E-state index in [1.165, 1.54) is 0 Å². The Kier molecular flexibility index (Phi) is 9.48. The summed E-state index contributed by atoms with van der Waals surface area (Å²) < 4.78 is 32.2. The fourth-order valence-electron chi connectivity index (χ4n) is 2.41. The first-order chi connectivity index (χ1) is 14.0. The number of ether oxygens (including phenoxy) is 2. The molecule has 2 N–H and O–H groups in total. The quantitative estimate of drug-likeness (QED) is 0.438. The summed E-state index contributed by atoms with van der Waals surface area (Å²) in [7, 11) is -0.839. The van der Waals surface area contributed by atoms with E-state index in [2.05, 4.69) is 15.4 Å². The van der Waals surface area contributed by atoms with Crippen LogP contribution in [-0.2, 0) is 39.1 Å². The van der Waals surface area contributed by atoms with E-state index in [9.17, 15) is 18.9 Å². The molecule has 0 fully saturated rings. The number of carbonyl (C=O) groups is 3. The van der Waals surface area contributed by atoms with E-state index in [-0.39, 0.29) is 6.42 Å². The number of hydrogen-bond donors (Lipinski definition) is 2. The third-order valence-electron chi connectivity index (χ3n) is 3.82. The van der Waals surface area contributed by atoms with Gasteiger partial charge in [0.25, 0.3) is 0 Å². The molecule has 0 aliphatic rings. The van der Waals surface area contributed by atoms with E-state index in [1.54, 1.807) is 51.1 Å². The van der Waals surface area contributed by atoms with Crippen LogP contribution in [0.4, 0.5) is 4.79 Å². The standard InChI is InChI=1S/C19H29N2O8P/c1-19(2,3)29-18(24)20-14(12-13-10-8-7-9-11-13)15(22)21-16(17(23)26-4)30(25,27-5)28-6/h7-11,14,16H,12H2,1-6H3,(H,20,24)(H,21,22)/t14-,16+/m1/s1. The fraction of sp³-hybridized carbons (Fsp3) is 0.526. The number of amides is 2. The lowest BCUT2D eigenvalue weighted by Crippen LogP contribution is -2.53. The van der Waals surface area contributed by atoms with Crippen molar-refractivity contribution in [3.63, 3.8) is 0 Å². The third-order valence-corrected chi connectivity index (χ3v) is 5.81. The van der Waals surface area contributed by atoms with Crippen molar-refractivity contribution in [2.45, 2.75) is 44.6 Å². The summed E-state index contributed by atoms with van der Waals surface area (Å²) in [5, 5.41) is 4.78. The Labute approximate surface area is 176 Å². The average molecular weight is 444 g/mol. The highest BCUT2D eigenvalue weighted by atomic mass is 31.2.